The summed E-state index contributed by atoms with van der Waals surface area (Å²) in [6.45, 7) is 4.36. The number of nitrogens with one attached hydrogen (secondary N) is 2. The smallest absolute Gasteiger partial charge is 0.227 e. The minimum atomic E-state index is -0.256. The number of carbonyl (C=O) groups is 1. The van der Waals surface area contributed by atoms with Crippen LogP contribution in [-0.4, -0.2) is 24.0 Å². The Labute approximate surface area is 99.5 Å². The van der Waals surface area contributed by atoms with Crippen molar-refractivity contribution in [1.29, 1.82) is 0 Å². The molecule has 0 bridgehead atoms. The SMILES string of the molecule is CC1(C(=O)NCc2cscn2)CCCNC1. The third-order valence-corrected chi connectivity index (χ3v) is 3.69. The van der Waals surface area contributed by atoms with Gasteiger partial charge in [0.05, 0.1) is 23.2 Å². The molecular formula is C11H17N3OS. The molecule has 5 heteroatoms. The van der Waals surface area contributed by atoms with Crippen molar-refractivity contribution in [1.82, 2.24) is 15.6 Å². The van der Waals surface area contributed by atoms with Crippen molar-refractivity contribution < 1.29 is 4.79 Å². The molecule has 1 unspecified atom stereocenters. The van der Waals surface area contributed by atoms with Gasteiger partial charge in [-0.25, -0.2) is 4.98 Å². The monoisotopic (exact) mass is 239 g/mol. The molecule has 2 N–H and O–H groups in total. The molecule has 1 atom stereocenters. The molecule has 0 aromatic carbocycles. The van der Waals surface area contributed by atoms with E-state index in [1.54, 1.807) is 16.8 Å². The van der Waals surface area contributed by atoms with Crippen molar-refractivity contribution in [3.63, 3.8) is 0 Å². The number of hydrogen-bond donors (Lipinski definition) is 2. The summed E-state index contributed by atoms with van der Waals surface area (Å²) in [6.07, 6.45) is 2.03. The van der Waals surface area contributed by atoms with Crippen molar-refractivity contribution in [2.45, 2.75) is 26.3 Å². The summed E-state index contributed by atoms with van der Waals surface area (Å²) in [7, 11) is 0. The fourth-order valence-electron chi connectivity index (χ4n) is 1.96. The number of piperidine rings is 1. The fraction of sp³-hybridized carbons (Fsp3) is 0.636. The Morgan fingerprint density at radius 3 is 3.25 bits per heavy atom. The molecule has 1 aromatic rings. The molecule has 4 nitrogen and oxygen atoms in total. The van der Waals surface area contributed by atoms with E-state index in [2.05, 4.69) is 15.6 Å². The van der Waals surface area contributed by atoms with Gasteiger partial charge in [0.2, 0.25) is 5.91 Å². The van der Waals surface area contributed by atoms with E-state index in [-0.39, 0.29) is 11.3 Å². The lowest BCUT2D eigenvalue weighted by Crippen LogP contribution is -2.48. The van der Waals surface area contributed by atoms with Gasteiger partial charge in [-0.1, -0.05) is 0 Å². The lowest BCUT2D eigenvalue weighted by Gasteiger charge is -2.32. The molecule has 1 aliphatic heterocycles. The maximum atomic E-state index is 12.0. The van der Waals surface area contributed by atoms with Gasteiger partial charge in [-0.05, 0) is 26.3 Å². The molecule has 1 aliphatic rings. The Bertz CT molecular complexity index is 344. The standard InChI is InChI=1S/C11H17N3OS/c1-11(3-2-4-12-7-11)10(15)13-5-9-6-16-8-14-9/h6,8,12H,2-5,7H2,1H3,(H,13,15). The molecular weight excluding hydrogens is 222 g/mol. The Morgan fingerprint density at radius 1 is 1.75 bits per heavy atom. The molecule has 88 valence electrons. The van der Waals surface area contributed by atoms with Crippen molar-refractivity contribution in [3.8, 4) is 0 Å². The van der Waals surface area contributed by atoms with Crippen LogP contribution < -0.4 is 10.6 Å². The van der Waals surface area contributed by atoms with Crippen LogP contribution >= 0.6 is 11.3 Å². The number of thiazole rings is 1. The number of carbonyl (C=O) groups excluding carboxylic acids is 1. The second-order valence-electron chi connectivity index (χ2n) is 4.50. The Balaban J connectivity index is 1.87. The lowest BCUT2D eigenvalue weighted by molar-refractivity contribution is -0.131. The predicted octanol–water partition coefficient (Wildman–Crippen LogP) is 1.15. The third-order valence-electron chi connectivity index (χ3n) is 3.06. The van der Waals surface area contributed by atoms with E-state index in [0.717, 1.165) is 31.6 Å². The second kappa shape index (κ2) is 4.93. The molecule has 0 spiro atoms. The van der Waals surface area contributed by atoms with E-state index in [1.165, 1.54) is 0 Å². The Morgan fingerprint density at radius 2 is 2.62 bits per heavy atom. The van der Waals surface area contributed by atoms with Crippen LogP contribution in [0.25, 0.3) is 0 Å². The van der Waals surface area contributed by atoms with Crippen molar-refractivity contribution in [2.24, 2.45) is 5.41 Å². The zero-order valence-electron chi connectivity index (χ0n) is 9.45. The zero-order chi connectivity index (χ0) is 11.4. The summed E-state index contributed by atoms with van der Waals surface area (Å²) >= 11 is 1.55. The summed E-state index contributed by atoms with van der Waals surface area (Å²) in [6, 6.07) is 0. The molecule has 0 radical (unpaired) electrons. The molecule has 1 aromatic heterocycles. The highest BCUT2D eigenvalue weighted by atomic mass is 32.1. The van der Waals surface area contributed by atoms with E-state index < -0.39 is 0 Å². The van der Waals surface area contributed by atoms with Crippen LogP contribution in [0.15, 0.2) is 10.9 Å². The van der Waals surface area contributed by atoms with Crippen molar-refractivity contribution in [3.05, 3.63) is 16.6 Å². The van der Waals surface area contributed by atoms with Gasteiger partial charge < -0.3 is 10.6 Å². The van der Waals surface area contributed by atoms with E-state index in [4.69, 9.17) is 0 Å². The Kier molecular flexibility index (Phi) is 3.56. The molecule has 1 saturated heterocycles. The van der Waals surface area contributed by atoms with E-state index in [1.807, 2.05) is 12.3 Å². The van der Waals surface area contributed by atoms with Crippen LogP contribution in [0.2, 0.25) is 0 Å². The summed E-state index contributed by atoms with van der Waals surface area (Å²) in [5.74, 6) is 0.132. The highest BCUT2D eigenvalue weighted by molar-refractivity contribution is 7.07. The van der Waals surface area contributed by atoms with Gasteiger partial charge in [0.25, 0.3) is 0 Å². The first-order valence-electron chi connectivity index (χ1n) is 5.57. The van der Waals surface area contributed by atoms with E-state index >= 15 is 0 Å². The summed E-state index contributed by atoms with van der Waals surface area (Å²) in [4.78, 5) is 16.2. The number of nitrogens with zero attached hydrogens (tertiary/aromatic N) is 1. The molecule has 2 heterocycles. The number of hydrogen-bond acceptors (Lipinski definition) is 4. The van der Waals surface area contributed by atoms with Crippen LogP contribution in [0.4, 0.5) is 0 Å². The van der Waals surface area contributed by atoms with Gasteiger partial charge in [-0.15, -0.1) is 11.3 Å². The van der Waals surface area contributed by atoms with E-state index in [0.29, 0.717) is 6.54 Å². The Hall–Kier alpha value is -0.940. The highest BCUT2D eigenvalue weighted by Gasteiger charge is 2.34. The normalized spacial score (nSPS) is 25.3. The van der Waals surface area contributed by atoms with Crippen LogP contribution in [0.3, 0.4) is 0 Å². The van der Waals surface area contributed by atoms with Gasteiger partial charge in [0, 0.05) is 11.9 Å². The van der Waals surface area contributed by atoms with Crippen molar-refractivity contribution in [2.75, 3.05) is 13.1 Å². The second-order valence-corrected chi connectivity index (χ2v) is 5.22. The number of aromatic nitrogens is 1. The molecule has 1 amide bonds. The topological polar surface area (TPSA) is 54.0 Å². The number of amides is 1. The summed E-state index contributed by atoms with van der Waals surface area (Å²) in [5, 5.41) is 8.20. The quantitative estimate of drug-likeness (QED) is 0.832. The largest absolute Gasteiger partial charge is 0.350 e. The van der Waals surface area contributed by atoms with Crippen LogP contribution in [-0.2, 0) is 11.3 Å². The molecule has 2 rings (SSSR count). The van der Waals surface area contributed by atoms with Gasteiger partial charge in [0.1, 0.15) is 0 Å². The minimum absolute atomic E-state index is 0.132. The summed E-state index contributed by atoms with van der Waals surface area (Å²) < 4.78 is 0. The first kappa shape index (κ1) is 11.5. The zero-order valence-corrected chi connectivity index (χ0v) is 10.3. The average Bonchev–Trinajstić information content (AvgIpc) is 2.79. The highest BCUT2D eigenvalue weighted by Crippen LogP contribution is 2.25. The summed E-state index contributed by atoms with van der Waals surface area (Å²) in [5.41, 5.74) is 2.46. The first-order chi connectivity index (χ1) is 7.71. The first-order valence-corrected chi connectivity index (χ1v) is 6.51. The van der Waals surface area contributed by atoms with E-state index in [9.17, 15) is 4.79 Å². The third kappa shape index (κ3) is 2.59. The van der Waals surface area contributed by atoms with Gasteiger partial charge in [0.15, 0.2) is 0 Å². The molecule has 1 fully saturated rings. The van der Waals surface area contributed by atoms with Gasteiger partial charge in [-0.2, -0.15) is 0 Å². The lowest BCUT2D eigenvalue weighted by atomic mass is 9.82. The maximum absolute atomic E-state index is 12.0. The molecule has 16 heavy (non-hydrogen) atoms. The predicted molar refractivity (Wildman–Crippen MR) is 64.2 cm³/mol. The van der Waals surface area contributed by atoms with Gasteiger partial charge >= 0.3 is 0 Å². The number of rotatable bonds is 3. The minimum Gasteiger partial charge on any atom is -0.350 e. The fourth-order valence-corrected chi connectivity index (χ4v) is 2.52. The molecule has 0 aliphatic carbocycles. The average molecular weight is 239 g/mol. The van der Waals surface area contributed by atoms with Crippen molar-refractivity contribution >= 4 is 17.2 Å². The van der Waals surface area contributed by atoms with Crippen LogP contribution in [0.1, 0.15) is 25.5 Å². The van der Waals surface area contributed by atoms with Crippen LogP contribution in [0.5, 0.6) is 0 Å². The van der Waals surface area contributed by atoms with Gasteiger partial charge in [-0.3, -0.25) is 4.79 Å². The maximum Gasteiger partial charge on any atom is 0.227 e. The molecule has 0 saturated carbocycles. The van der Waals surface area contributed by atoms with Crippen LogP contribution in [0, 0.1) is 5.41 Å².